The minimum atomic E-state index is 0.0519. The number of nitrogen functional groups attached to an aromatic ring is 1. The van der Waals surface area contributed by atoms with Crippen LogP contribution in [0.25, 0.3) is 0 Å². The Balaban J connectivity index is 2.39. The fraction of sp³-hybridized carbons (Fsp3) is 0.250. The molecule has 0 fully saturated rings. The molecule has 0 saturated carbocycles. The van der Waals surface area contributed by atoms with Gasteiger partial charge >= 0.3 is 0 Å². The third-order valence-electron chi connectivity index (χ3n) is 3.30. The number of nitrogens with two attached hydrogens (primary N) is 1. The zero-order valence-corrected chi connectivity index (χ0v) is 14.0. The van der Waals surface area contributed by atoms with Gasteiger partial charge in [-0.1, -0.05) is 28.1 Å². The van der Waals surface area contributed by atoms with Crippen molar-refractivity contribution in [2.24, 2.45) is 5.73 Å². The van der Waals surface area contributed by atoms with Crippen LogP contribution in [0.1, 0.15) is 22.5 Å². The van der Waals surface area contributed by atoms with Crippen LogP contribution in [0.3, 0.4) is 0 Å². The second kappa shape index (κ2) is 6.26. The van der Waals surface area contributed by atoms with Crippen LogP contribution in [-0.2, 0) is 6.54 Å². The summed E-state index contributed by atoms with van der Waals surface area (Å²) >= 11 is 3.49. The smallest absolute Gasteiger partial charge is 0.126 e. The summed E-state index contributed by atoms with van der Waals surface area (Å²) in [7, 11) is 2.00. The first-order valence-corrected chi connectivity index (χ1v) is 7.46. The summed E-state index contributed by atoms with van der Waals surface area (Å²) in [5, 5.41) is 7.80. The normalized spacial score (nSPS) is 10.5. The Bertz CT molecular complexity index is 682. The molecule has 110 valence electrons. The highest BCUT2D eigenvalue weighted by atomic mass is 79.9. The van der Waals surface area contributed by atoms with Gasteiger partial charge in [0.2, 0.25) is 0 Å². The van der Waals surface area contributed by atoms with Crippen molar-refractivity contribution in [3.8, 4) is 0 Å². The maximum absolute atomic E-state index is 7.80. The Morgan fingerprint density at radius 1 is 1.33 bits per heavy atom. The molecule has 1 aromatic carbocycles. The topological polar surface area (TPSA) is 66.0 Å². The number of nitrogens with one attached hydrogen (secondary N) is 1. The molecule has 0 aliphatic carbocycles. The lowest BCUT2D eigenvalue weighted by Crippen LogP contribution is -2.24. The Morgan fingerprint density at radius 3 is 2.67 bits per heavy atom. The van der Waals surface area contributed by atoms with Gasteiger partial charge in [0.05, 0.1) is 16.9 Å². The van der Waals surface area contributed by atoms with Crippen LogP contribution in [0.2, 0.25) is 0 Å². The number of hydrogen-bond donors (Lipinski definition) is 2. The standard InChI is InChI=1S/C16H19BrN4/c1-10-7-14(15(16(18)19)11(2)20-10)21(3)9-12-5-4-6-13(17)8-12/h4-8H,9H2,1-3H3,(H3,18,19). The van der Waals surface area contributed by atoms with E-state index in [0.717, 1.165) is 28.1 Å². The molecule has 21 heavy (non-hydrogen) atoms. The number of amidine groups is 1. The van der Waals surface area contributed by atoms with Gasteiger partial charge in [0, 0.05) is 23.8 Å². The van der Waals surface area contributed by atoms with Crippen LogP contribution >= 0.6 is 15.9 Å². The highest BCUT2D eigenvalue weighted by Crippen LogP contribution is 2.24. The molecule has 0 saturated heterocycles. The van der Waals surface area contributed by atoms with Crippen LogP contribution in [0.4, 0.5) is 5.69 Å². The van der Waals surface area contributed by atoms with Crippen LogP contribution in [-0.4, -0.2) is 17.9 Å². The van der Waals surface area contributed by atoms with E-state index in [-0.39, 0.29) is 5.84 Å². The van der Waals surface area contributed by atoms with Crippen molar-refractivity contribution in [2.75, 3.05) is 11.9 Å². The lowest BCUT2D eigenvalue weighted by molar-refractivity contribution is 0.911. The molecule has 0 aliphatic heterocycles. The summed E-state index contributed by atoms with van der Waals surface area (Å²) in [4.78, 5) is 6.50. The molecule has 2 rings (SSSR count). The van der Waals surface area contributed by atoms with Gasteiger partial charge in [-0.3, -0.25) is 10.4 Å². The molecule has 0 spiro atoms. The number of hydrogen-bond acceptors (Lipinski definition) is 3. The minimum Gasteiger partial charge on any atom is -0.384 e. The van der Waals surface area contributed by atoms with Gasteiger partial charge < -0.3 is 10.6 Å². The number of rotatable bonds is 4. The molecule has 0 amide bonds. The van der Waals surface area contributed by atoms with E-state index in [1.807, 2.05) is 39.1 Å². The van der Waals surface area contributed by atoms with E-state index in [1.54, 1.807) is 0 Å². The molecular weight excluding hydrogens is 328 g/mol. The van der Waals surface area contributed by atoms with Crippen molar-refractivity contribution in [1.29, 1.82) is 5.41 Å². The third kappa shape index (κ3) is 3.61. The maximum atomic E-state index is 7.80. The van der Waals surface area contributed by atoms with Crippen molar-refractivity contribution < 1.29 is 0 Å². The molecule has 1 heterocycles. The van der Waals surface area contributed by atoms with Crippen LogP contribution < -0.4 is 10.6 Å². The summed E-state index contributed by atoms with van der Waals surface area (Å²) < 4.78 is 1.06. The van der Waals surface area contributed by atoms with Gasteiger partial charge in [-0.05, 0) is 37.6 Å². The summed E-state index contributed by atoms with van der Waals surface area (Å²) in [5.74, 6) is 0.0519. The van der Waals surface area contributed by atoms with Crippen LogP contribution in [0.5, 0.6) is 0 Å². The van der Waals surface area contributed by atoms with Crippen molar-refractivity contribution in [2.45, 2.75) is 20.4 Å². The largest absolute Gasteiger partial charge is 0.384 e. The molecule has 3 N–H and O–H groups in total. The molecule has 2 aromatic rings. The minimum absolute atomic E-state index is 0.0519. The van der Waals surface area contributed by atoms with E-state index in [0.29, 0.717) is 5.56 Å². The summed E-state index contributed by atoms with van der Waals surface area (Å²) in [5.41, 5.74) is 10.3. The summed E-state index contributed by atoms with van der Waals surface area (Å²) in [6.45, 7) is 4.58. The molecule has 0 bridgehead atoms. The van der Waals surface area contributed by atoms with Gasteiger partial charge in [-0.15, -0.1) is 0 Å². The second-order valence-corrected chi connectivity index (χ2v) is 6.06. The summed E-state index contributed by atoms with van der Waals surface area (Å²) in [6.07, 6.45) is 0. The molecule has 0 aliphatic rings. The zero-order valence-electron chi connectivity index (χ0n) is 12.4. The average Bonchev–Trinajstić information content (AvgIpc) is 2.37. The van der Waals surface area contributed by atoms with E-state index in [1.165, 1.54) is 5.56 Å². The number of nitrogens with zero attached hydrogens (tertiary/aromatic N) is 2. The molecule has 0 radical (unpaired) electrons. The Morgan fingerprint density at radius 2 is 2.05 bits per heavy atom. The number of benzene rings is 1. The fourth-order valence-electron chi connectivity index (χ4n) is 2.44. The lowest BCUT2D eigenvalue weighted by Gasteiger charge is -2.23. The Labute approximate surface area is 133 Å². The van der Waals surface area contributed by atoms with Crippen molar-refractivity contribution in [3.05, 3.63) is 57.3 Å². The highest BCUT2D eigenvalue weighted by molar-refractivity contribution is 9.10. The van der Waals surface area contributed by atoms with Crippen molar-refractivity contribution in [1.82, 2.24) is 4.98 Å². The first-order chi connectivity index (χ1) is 9.88. The van der Waals surface area contributed by atoms with Gasteiger partial charge in [-0.25, -0.2) is 0 Å². The average molecular weight is 347 g/mol. The van der Waals surface area contributed by atoms with Crippen molar-refractivity contribution >= 4 is 27.5 Å². The number of halogens is 1. The van der Waals surface area contributed by atoms with Crippen LogP contribution in [0.15, 0.2) is 34.8 Å². The van der Waals surface area contributed by atoms with Gasteiger partial charge in [-0.2, -0.15) is 0 Å². The number of aryl methyl sites for hydroxylation is 2. The van der Waals surface area contributed by atoms with E-state index in [9.17, 15) is 0 Å². The van der Waals surface area contributed by atoms with Crippen LogP contribution in [0, 0.1) is 19.3 Å². The predicted molar refractivity (Wildman–Crippen MR) is 91.0 cm³/mol. The predicted octanol–water partition coefficient (Wildman–Crippen LogP) is 3.38. The van der Waals surface area contributed by atoms with Crippen molar-refractivity contribution in [3.63, 3.8) is 0 Å². The van der Waals surface area contributed by atoms with E-state index in [2.05, 4.69) is 37.9 Å². The molecule has 0 unspecified atom stereocenters. The van der Waals surface area contributed by atoms with E-state index < -0.39 is 0 Å². The number of anilines is 1. The van der Waals surface area contributed by atoms with E-state index in [4.69, 9.17) is 11.1 Å². The van der Waals surface area contributed by atoms with Gasteiger partial charge in [0.15, 0.2) is 0 Å². The third-order valence-corrected chi connectivity index (χ3v) is 3.79. The maximum Gasteiger partial charge on any atom is 0.126 e. The zero-order chi connectivity index (χ0) is 15.6. The quantitative estimate of drug-likeness (QED) is 0.658. The second-order valence-electron chi connectivity index (χ2n) is 5.14. The molecule has 0 atom stereocenters. The molecule has 4 nitrogen and oxygen atoms in total. The van der Waals surface area contributed by atoms with Gasteiger partial charge in [0.25, 0.3) is 0 Å². The Kier molecular flexibility index (Phi) is 4.63. The molecule has 5 heteroatoms. The lowest BCUT2D eigenvalue weighted by atomic mass is 10.1. The number of pyridine rings is 1. The first-order valence-electron chi connectivity index (χ1n) is 6.66. The highest BCUT2D eigenvalue weighted by Gasteiger charge is 2.15. The monoisotopic (exact) mass is 346 g/mol. The SMILES string of the molecule is Cc1cc(N(C)Cc2cccc(Br)c2)c(C(=N)N)c(C)n1. The molecule has 1 aromatic heterocycles. The molecular formula is C16H19BrN4. The Hall–Kier alpha value is -1.88. The first kappa shape index (κ1) is 15.5. The summed E-state index contributed by atoms with van der Waals surface area (Å²) in [6, 6.07) is 10.2. The van der Waals surface area contributed by atoms with E-state index >= 15 is 0 Å². The fourth-order valence-corrected chi connectivity index (χ4v) is 2.88. The number of aromatic nitrogens is 1. The van der Waals surface area contributed by atoms with Gasteiger partial charge in [0.1, 0.15) is 5.84 Å².